The van der Waals surface area contributed by atoms with Crippen LogP contribution in [0, 0.1) is 6.92 Å². The van der Waals surface area contributed by atoms with Gasteiger partial charge in [-0.25, -0.2) is 0 Å². The molecule has 0 saturated heterocycles. The summed E-state index contributed by atoms with van der Waals surface area (Å²) < 4.78 is 3.26. The number of anilines is 1. The van der Waals surface area contributed by atoms with Crippen LogP contribution < -0.4 is 10.0 Å². The lowest BCUT2D eigenvalue weighted by atomic mass is 9.91. The average Bonchev–Trinajstić information content (AvgIpc) is 2.68. The quantitative estimate of drug-likeness (QED) is 0.508. The zero-order valence-electron chi connectivity index (χ0n) is 18.0. The fourth-order valence-electron chi connectivity index (χ4n) is 3.23. The van der Waals surface area contributed by atoms with E-state index in [4.69, 9.17) is 4.98 Å². The van der Waals surface area contributed by atoms with E-state index in [0.717, 1.165) is 33.4 Å². The van der Waals surface area contributed by atoms with Gasteiger partial charge in [0, 0.05) is 34.0 Å². The van der Waals surface area contributed by atoms with Crippen molar-refractivity contribution in [3.63, 3.8) is 0 Å². The zero-order valence-corrected chi connectivity index (χ0v) is 18.8. The van der Waals surface area contributed by atoms with E-state index in [9.17, 15) is 4.79 Å². The van der Waals surface area contributed by atoms with Gasteiger partial charge in [0.05, 0.1) is 11.6 Å². The van der Waals surface area contributed by atoms with Crippen molar-refractivity contribution in [3.8, 4) is 0 Å². The molecule has 1 atom stereocenters. The van der Waals surface area contributed by atoms with Gasteiger partial charge in [-0.3, -0.25) is 9.78 Å². The predicted octanol–water partition coefficient (Wildman–Crippen LogP) is 6.02. The molecule has 0 saturated carbocycles. The fourth-order valence-corrected chi connectivity index (χ4v) is 3.68. The van der Waals surface area contributed by atoms with Gasteiger partial charge >= 0.3 is 0 Å². The molecule has 2 aromatic carbocycles. The Hall–Kier alpha value is -2.53. The first-order chi connectivity index (χ1) is 13.7. The van der Waals surface area contributed by atoms with Crippen LogP contribution in [0.25, 0.3) is 10.9 Å². The van der Waals surface area contributed by atoms with Crippen molar-refractivity contribution in [1.29, 1.82) is 0 Å². The predicted molar refractivity (Wildman–Crippen MR) is 125 cm³/mol. The van der Waals surface area contributed by atoms with E-state index in [1.165, 1.54) is 0 Å². The number of carbonyl (C=O) groups excluding carboxylic acids is 1. The second kappa shape index (κ2) is 8.46. The molecular weight excluding hydrogens is 378 g/mol. The minimum absolute atomic E-state index is 0.00130. The minimum atomic E-state index is -0.0818. The van der Waals surface area contributed by atoms with Crippen molar-refractivity contribution < 1.29 is 4.79 Å². The Morgan fingerprint density at radius 2 is 1.83 bits per heavy atom. The number of hydrogen-bond donors (Lipinski definition) is 2. The molecule has 1 amide bonds. The lowest BCUT2D eigenvalue weighted by molar-refractivity contribution is 0.0940. The van der Waals surface area contributed by atoms with Gasteiger partial charge in [0.1, 0.15) is 0 Å². The second-order valence-electron chi connectivity index (χ2n) is 8.43. The molecule has 2 N–H and O–H groups in total. The molecule has 0 unspecified atom stereocenters. The molecule has 0 spiro atoms. The van der Waals surface area contributed by atoms with Crippen molar-refractivity contribution in [2.24, 2.45) is 0 Å². The van der Waals surface area contributed by atoms with Crippen LogP contribution in [0.4, 0.5) is 5.69 Å². The Labute approximate surface area is 177 Å². The molecular formula is C24H29N3OS. The molecule has 1 aromatic heterocycles. The standard InChI is InChI=1S/C24H29N3OS/c1-15-13-17(7-10-20(15)27-29-6)16(2)25-23(28)19-8-11-21-18(14-19)9-12-22(26-21)24(3,4)5/h7-14,16,27H,1-6H3,(H,25,28)/t16-/m1/s1. The topological polar surface area (TPSA) is 54.0 Å². The maximum absolute atomic E-state index is 12.8. The number of benzene rings is 2. The van der Waals surface area contributed by atoms with Gasteiger partial charge in [-0.2, -0.15) is 0 Å². The Bertz CT molecular complexity index is 1040. The Morgan fingerprint density at radius 3 is 2.48 bits per heavy atom. The molecule has 0 radical (unpaired) electrons. The zero-order chi connectivity index (χ0) is 21.2. The van der Waals surface area contributed by atoms with E-state index in [1.807, 2.05) is 43.5 Å². The van der Waals surface area contributed by atoms with E-state index in [2.05, 4.69) is 55.9 Å². The summed E-state index contributed by atoms with van der Waals surface area (Å²) in [6, 6.07) is 15.9. The summed E-state index contributed by atoms with van der Waals surface area (Å²) in [6.45, 7) is 10.5. The number of pyridine rings is 1. The number of carbonyl (C=O) groups is 1. The highest BCUT2D eigenvalue weighted by molar-refractivity contribution is 7.99. The summed E-state index contributed by atoms with van der Waals surface area (Å²) in [4.78, 5) is 17.6. The Morgan fingerprint density at radius 1 is 1.07 bits per heavy atom. The van der Waals surface area contributed by atoms with Gasteiger partial charge in [0.25, 0.3) is 5.91 Å². The third kappa shape index (κ3) is 4.91. The first-order valence-electron chi connectivity index (χ1n) is 9.81. The van der Waals surface area contributed by atoms with Gasteiger partial charge in [-0.15, -0.1) is 0 Å². The van der Waals surface area contributed by atoms with Crippen molar-refractivity contribution in [2.45, 2.75) is 46.1 Å². The molecule has 152 valence electrons. The molecule has 3 rings (SSSR count). The van der Waals surface area contributed by atoms with E-state index < -0.39 is 0 Å². The SMILES string of the molecule is CSNc1ccc([C@@H](C)NC(=O)c2ccc3nc(C(C)(C)C)ccc3c2)cc1C. The Kier molecular flexibility index (Phi) is 6.18. The van der Waals surface area contributed by atoms with Crippen LogP contribution in [-0.4, -0.2) is 17.1 Å². The molecule has 0 aliphatic carbocycles. The first-order valence-corrected chi connectivity index (χ1v) is 11.0. The van der Waals surface area contributed by atoms with Gasteiger partial charge in [0.2, 0.25) is 0 Å². The summed E-state index contributed by atoms with van der Waals surface area (Å²) >= 11 is 1.57. The highest BCUT2D eigenvalue weighted by Gasteiger charge is 2.17. The van der Waals surface area contributed by atoms with Crippen molar-refractivity contribution in [1.82, 2.24) is 10.3 Å². The van der Waals surface area contributed by atoms with Crippen molar-refractivity contribution in [2.75, 3.05) is 11.0 Å². The number of amides is 1. The van der Waals surface area contributed by atoms with E-state index >= 15 is 0 Å². The van der Waals surface area contributed by atoms with Crippen LogP contribution in [-0.2, 0) is 5.41 Å². The van der Waals surface area contributed by atoms with Gasteiger partial charge in [-0.05, 0) is 55.3 Å². The summed E-state index contributed by atoms with van der Waals surface area (Å²) in [5.74, 6) is -0.0803. The summed E-state index contributed by atoms with van der Waals surface area (Å²) in [5, 5.41) is 4.08. The highest BCUT2D eigenvalue weighted by atomic mass is 32.2. The van der Waals surface area contributed by atoms with E-state index in [-0.39, 0.29) is 17.4 Å². The van der Waals surface area contributed by atoms with Crippen LogP contribution >= 0.6 is 11.9 Å². The third-order valence-corrected chi connectivity index (χ3v) is 5.45. The molecule has 0 aliphatic rings. The number of fused-ring (bicyclic) bond motifs is 1. The number of rotatable bonds is 5. The Balaban J connectivity index is 1.77. The number of nitrogens with one attached hydrogen (secondary N) is 2. The van der Waals surface area contributed by atoms with Crippen molar-refractivity contribution >= 4 is 34.4 Å². The lowest BCUT2D eigenvalue weighted by Crippen LogP contribution is -2.26. The average molecular weight is 408 g/mol. The lowest BCUT2D eigenvalue weighted by Gasteiger charge is -2.18. The van der Waals surface area contributed by atoms with E-state index in [0.29, 0.717) is 5.56 Å². The largest absolute Gasteiger partial charge is 0.346 e. The first kappa shape index (κ1) is 21.2. The maximum Gasteiger partial charge on any atom is 0.251 e. The van der Waals surface area contributed by atoms with Gasteiger partial charge < -0.3 is 10.0 Å². The number of aromatic nitrogens is 1. The molecule has 1 heterocycles. The third-order valence-electron chi connectivity index (χ3n) is 5.03. The van der Waals surface area contributed by atoms with Crippen LogP contribution in [0.1, 0.15) is 60.9 Å². The van der Waals surface area contributed by atoms with E-state index in [1.54, 1.807) is 11.9 Å². The normalized spacial score (nSPS) is 12.6. The van der Waals surface area contributed by atoms with Crippen LogP contribution in [0.3, 0.4) is 0 Å². The number of aryl methyl sites for hydroxylation is 1. The molecule has 29 heavy (non-hydrogen) atoms. The van der Waals surface area contributed by atoms with Crippen LogP contribution in [0.5, 0.6) is 0 Å². The number of hydrogen-bond acceptors (Lipinski definition) is 4. The van der Waals surface area contributed by atoms with Crippen LogP contribution in [0.15, 0.2) is 48.5 Å². The van der Waals surface area contributed by atoms with Gasteiger partial charge in [-0.1, -0.05) is 50.9 Å². The second-order valence-corrected chi connectivity index (χ2v) is 9.04. The van der Waals surface area contributed by atoms with Crippen LogP contribution in [0.2, 0.25) is 0 Å². The summed E-state index contributed by atoms with van der Waals surface area (Å²) in [5.41, 5.74) is 5.94. The fraction of sp³-hybridized carbons (Fsp3) is 0.333. The van der Waals surface area contributed by atoms with Gasteiger partial charge in [0.15, 0.2) is 0 Å². The molecule has 0 aliphatic heterocycles. The molecule has 0 bridgehead atoms. The smallest absolute Gasteiger partial charge is 0.251 e. The summed E-state index contributed by atoms with van der Waals surface area (Å²) in [6.07, 6.45) is 2.00. The highest BCUT2D eigenvalue weighted by Crippen LogP contribution is 2.25. The molecule has 0 fully saturated rings. The number of nitrogens with zero attached hydrogens (tertiary/aromatic N) is 1. The maximum atomic E-state index is 12.8. The van der Waals surface area contributed by atoms with Crippen molar-refractivity contribution in [3.05, 3.63) is 70.9 Å². The molecule has 3 aromatic rings. The monoisotopic (exact) mass is 407 g/mol. The minimum Gasteiger partial charge on any atom is -0.346 e. The summed E-state index contributed by atoms with van der Waals surface area (Å²) in [7, 11) is 0. The molecule has 5 heteroatoms. The molecule has 4 nitrogen and oxygen atoms in total.